The second-order valence-electron chi connectivity index (χ2n) is 5.71. The number of anilines is 1. The van der Waals surface area contributed by atoms with Gasteiger partial charge in [0.2, 0.25) is 5.91 Å². The number of rotatable bonds is 8. The molecule has 0 radical (unpaired) electrons. The second-order valence-corrected chi connectivity index (χ2v) is 6.57. The Balaban J connectivity index is 1.95. The maximum atomic E-state index is 11.7. The van der Waals surface area contributed by atoms with Crippen molar-refractivity contribution in [3.63, 3.8) is 0 Å². The maximum Gasteiger partial charge on any atom is 0.226 e. The molecule has 0 saturated carbocycles. The Hall–Kier alpha value is -1.92. The van der Waals surface area contributed by atoms with Gasteiger partial charge in [-0.25, -0.2) is 4.98 Å². The third-order valence-electron chi connectivity index (χ3n) is 3.09. The molecule has 124 valence electrons. The van der Waals surface area contributed by atoms with E-state index in [4.69, 9.17) is 10.5 Å². The van der Waals surface area contributed by atoms with E-state index >= 15 is 0 Å². The summed E-state index contributed by atoms with van der Waals surface area (Å²) in [5.41, 5.74) is 7.24. The van der Waals surface area contributed by atoms with Gasteiger partial charge in [0.05, 0.1) is 12.3 Å². The van der Waals surface area contributed by atoms with Crippen LogP contribution >= 0.6 is 11.3 Å². The van der Waals surface area contributed by atoms with Crippen LogP contribution in [0.3, 0.4) is 0 Å². The number of nitrogens with one attached hydrogen (secondary N) is 1. The van der Waals surface area contributed by atoms with E-state index < -0.39 is 0 Å². The smallest absolute Gasteiger partial charge is 0.226 e. The Morgan fingerprint density at radius 2 is 2.09 bits per heavy atom. The zero-order chi connectivity index (χ0) is 16.7. The van der Waals surface area contributed by atoms with Crippen LogP contribution in [0.15, 0.2) is 29.6 Å². The van der Waals surface area contributed by atoms with Gasteiger partial charge in [-0.15, -0.1) is 11.3 Å². The van der Waals surface area contributed by atoms with Crippen LogP contribution in [-0.2, 0) is 4.79 Å². The van der Waals surface area contributed by atoms with Crippen molar-refractivity contribution in [1.82, 2.24) is 4.98 Å². The molecule has 0 saturated heterocycles. The lowest BCUT2D eigenvalue weighted by Crippen LogP contribution is -2.13. The van der Waals surface area contributed by atoms with Gasteiger partial charge in [0.1, 0.15) is 5.75 Å². The lowest BCUT2D eigenvalue weighted by Gasteiger charge is -2.08. The molecule has 0 aliphatic rings. The summed E-state index contributed by atoms with van der Waals surface area (Å²) in [6, 6.07) is 7.84. The van der Waals surface area contributed by atoms with Gasteiger partial charge in [-0.1, -0.05) is 13.8 Å². The number of aromatic nitrogens is 1. The molecule has 1 heterocycles. The molecule has 0 bridgehead atoms. The van der Waals surface area contributed by atoms with Crippen molar-refractivity contribution in [2.45, 2.75) is 26.7 Å². The lowest BCUT2D eigenvalue weighted by molar-refractivity contribution is -0.116. The highest BCUT2D eigenvalue weighted by atomic mass is 32.1. The van der Waals surface area contributed by atoms with E-state index in [2.05, 4.69) is 24.1 Å². The number of thiazole rings is 1. The molecule has 3 N–H and O–H groups in total. The molecule has 1 amide bonds. The zero-order valence-electron chi connectivity index (χ0n) is 13.5. The van der Waals surface area contributed by atoms with Crippen molar-refractivity contribution in [2.75, 3.05) is 18.5 Å². The number of benzene rings is 1. The molecule has 2 rings (SSSR count). The van der Waals surface area contributed by atoms with Crippen LogP contribution in [0.1, 0.15) is 26.7 Å². The molecule has 0 aliphatic heterocycles. The largest absolute Gasteiger partial charge is 0.493 e. The van der Waals surface area contributed by atoms with Crippen LogP contribution in [0.25, 0.3) is 11.3 Å². The Morgan fingerprint density at radius 3 is 2.74 bits per heavy atom. The van der Waals surface area contributed by atoms with E-state index in [1.807, 2.05) is 29.6 Å². The molecule has 0 atom stereocenters. The molecule has 1 aromatic carbocycles. The van der Waals surface area contributed by atoms with Crippen LogP contribution in [0, 0.1) is 5.92 Å². The minimum absolute atomic E-state index is 0.0474. The number of carbonyl (C=O) groups is 1. The van der Waals surface area contributed by atoms with Gasteiger partial charge in [0.25, 0.3) is 0 Å². The summed E-state index contributed by atoms with van der Waals surface area (Å²) in [6.45, 7) is 5.46. The van der Waals surface area contributed by atoms with Crippen LogP contribution in [0.5, 0.6) is 5.75 Å². The Kier molecular flexibility index (Phi) is 6.55. The first-order valence-electron chi connectivity index (χ1n) is 7.77. The van der Waals surface area contributed by atoms with Crippen molar-refractivity contribution in [2.24, 2.45) is 11.7 Å². The van der Waals surface area contributed by atoms with Gasteiger partial charge in [0, 0.05) is 17.4 Å². The van der Waals surface area contributed by atoms with E-state index in [9.17, 15) is 4.79 Å². The fourth-order valence-electron chi connectivity index (χ4n) is 1.89. The van der Waals surface area contributed by atoms with Gasteiger partial charge < -0.3 is 15.8 Å². The summed E-state index contributed by atoms with van der Waals surface area (Å²) < 4.78 is 5.67. The van der Waals surface area contributed by atoms with Gasteiger partial charge in [-0.2, -0.15) is 0 Å². The van der Waals surface area contributed by atoms with Crippen molar-refractivity contribution in [1.29, 1.82) is 0 Å². The van der Waals surface area contributed by atoms with Crippen molar-refractivity contribution < 1.29 is 9.53 Å². The van der Waals surface area contributed by atoms with Crippen LogP contribution < -0.4 is 15.8 Å². The molecular weight excluding hydrogens is 310 g/mol. The second kappa shape index (κ2) is 8.64. The van der Waals surface area contributed by atoms with Crippen LogP contribution in [-0.4, -0.2) is 24.0 Å². The molecule has 0 unspecified atom stereocenters. The molecule has 1 aromatic heterocycles. The Bertz CT molecular complexity index is 623. The minimum Gasteiger partial charge on any atom is -0.493 e. The lowest BCUT2D eigenvalue weighted by atomic mass is 10.2. The fourth-order valence-corrected chi connectivity index (χ4v) is 2.63. The van der Waals surface area contributed by atoms with Gasteiger partial charge in [0.15, 0.2) is 5.13 Å². The molecule has 0 spiro atoms. The topological polar surface area (TPSA) is 77.2 Å². The number of ether oxygens (including phenoxy) is 1. The maximum absolute atomic E-state index is 11.7. The SMILES string of the molecule is CC(C)COc1ccc(-c2csc(NC(=O)CCCN)n2)cc1. The van der Waals surface area contributed by atoms with E-state index in [0.29, 0.717) is 37.0 Å². The molecule has 0 fully saturated rings. The summed E-state index contributed by atoms with van der Waals surface area (Å²) in [5.74, 6) is 1.31. The summed E-state index contributed by atoms with van der Waals surface area (Å²) in [4.78, 5) is 16.1. The van der Waals surface area contributed by atoms with Crippen LogP contribution in [0.2, 0.25) is 0 Å². The van der Waals surface area contributed by atoms with E-state index in [1.54, 1.807) is 0 Å². The predicted molar refractivity (Wildman–Crippen MR) is 94.8 cm³/mol. The van der Waals surface area contributed by atoms with Crippen molar-refractivity contribution in [3.8, 4) is 17.0 Å². The highest BCUT2D eigenvalue weighted by Crippen LogP contribution is 2.26. The van der Waals surface area contributed by atoms with Gasteiger partial charge in [-0.3, -0.25) is 4.79 Å². The summed E-state index contributed by atoms with van der Waals surface area (Å²) in [7, 11) is 0. The Labute approximate surface area is 140 Å². The highest BCUT2D eigenvalue weighted by Gasteiger charge is 2.08. The first-order chi connectivity index (χ1) is 11.1. The zero-order valence-corrected chi connectivity index (χ0v) is 14.4. The predicted octanol–water partition coefficient (Wildman–Crippen LogP) is 3.52. The van der Waals surface area contributed by atoms with Crippen molar-refractivity contribution >= 4 is 22.4 Å². The minimum atomic E-state index is -0.0474. The number of hydrogen-bond donors (Lipinski definition) is 2. The number of nitrogens with two attached hydrogens (primary N) is 1. The summed E-state index contributed by atoms with van der Waals surface area (Å²) in [5, 5.41) is 5.35. The molecule has 2 aromatic rings. The average molecular weight is 333 g/mol. The van der Waals surface area contributed by atoms with E-state index in [1.165, 1.54) is 11.3 Å². The monoisotopic (exact) mass is 333 g/mol. The Morgan fingerprint density at radius 1 is 1.35 bits per heavy atom. The quantitative estimate of drug-likeness (QED) is 0.775. The average Bonchev–Trinajstić information content (AvgIpc) is 3.00. The first kappa shape index (κ1) is 17.4. The third kappa shape index (κ3) is 5.65. The summed E-state index contributed by atoms with van der Waals surface area (Å²) in [6.07, 6.45) is 1.11. The molecular formula is C17H23N3O2S. The van der Waals surface area contributed by atoms with Gasteiger partial charge >= 0.3 is 0 Å². The van der Waals surface area contributed by atoms with E-state index in [0.717, 1.165) is 17.0 Å². The standard InChI is InChI=1S/C17H23N3O2S/c1-12(2)10-22-14-7-5-13(6-8-14)15-11-23-17(19-15)20-16(21)4-3-9-18/h5-8,11-12H,3-4,9-10,18H2,1-2H3,(H,19,20,21). The molecule has 5 nitrogen and oxygen atoms in total. The number of carbonyl (C=O) groups excluding carboxylic acids is 1. The first-order valence-corrected chi connectivity index (χ1v) is 8.65. The fraction of sp³-hybridized carbons (Fsp3) is 0.412. The van der Waals surface area contributed by atoms with E-state index in [-0.39, 0.29) is 5.91 Å². The number of nitrogens with zero attached hydrogens (tertiary/aromatic N) is 1. The third-order valence-corrected chi connectivity index (χ3v) is 3.85. The normalized spacial score (nSPS) is 10.8. The molecule has 0 aliphatic carbocycles. The molecule has 6 heteroatoms. The molecule has 23 heavy (non-hydrogen) atoms. The van der Waals surface area contributed by atoms with Crippen LogP contribution in [0.4, 0.5) is 5.13 Å². The van der Waals surface area contributed by atoms with Crippen molar-refractivity contribution in [3.05, 3.63) is 29.6 Å². The van der Waals surface area contributed by atoms with Gasteiger partial charge in [-0.05, 0) is 43.1 Å². The number of amides is 1. The summed E-state index contributed by atoms with van der Waals surface area (Å²) >= 11 is 1.42. The number of hydrogen-bond acceptors (Lipinski definition) is 5. The highest BCUT2D eigenvalue weighted by molar-refractivity contribution is 7.14.